The molecule has 108 valence electrons. The molecule has 0 saturated carbocycles. The van der Waals surface area contributed by atoms with Gasteiger partial charge in [0.25, 0.3) is 5.91 Å². The number of amides is 1. The number of hydrogen-bond acceptors (Lipinski definition) is 4. The highest BCUT2D eigenvalue weighted by atomic mass is 16.5. The van der Waals surface area contributed by atoms with Crippen LogP contribution in [-0.2, 0) is 11.2 Å². The molecule has 2 N–H and O–H groups in total. The van der Waals surface area contributed by atoms with Crippen LogP contribution in [-0.4, -0.2) is 24.9 Å². The largest absolute Gasteiger partial charge is 0.497 e. The Morgan fingerprint density at radius 3 is 2.50 bits per heavy atom. The van der Waals surface area contributed by atoms with Crippen molar-refractivity contribution >= 4 is 11.7 Å². The molecule has 0 spiro atoms. The number of carbonyl (C=O) groups is 1. The van der Waals surface area contributed by atoms with Crippen LogP contribution >= 0.6 is 0 Å². The predicted molar refractivity (Wildman–Crippen MR) is 78.7 cm³/mol. The van der Waals surface area contributed by atoms with Crippen molar-refractivity contribution in [1.82, 2.24) is 10.9 Å². The minimum absolute atomic E-state index is 0.0619. The highest BCUT2D eigenvalue weighted by Crippen LogP contribution is 2.14. The lowest BCUT2D eigenvalue weighted by atomic mass is 10.0. The molecule has 1 aromatic carbocycles. The number of carbonyl (C=O) groups excluding carboxylic acids is 1. The quantitative estimate of drug-likeness (QED) is 0.859. The van der Waals surface area contributed by atoms with Crippen molar-refractivity contribution in [1.29, 1.82) is 0 Å². The molecule has 5 heteroatoms. The molecule has 1 amide bonds. The number of rotatable bonds is 5. The fourth-order valence-electron chi connectivity index (χ4n) is 2.10. The van der Waals surface area contributed by atoms with E-state index in [2.05, 4.69) is 15.8 Å². The summed E-state index contributed by atoms with van der Waals surface area (Å²) >= 11 is 0. The molecule has 1 heterocycles. The Kier molecular flexibility index (Phi) is 4.61. The first-order chi connectivity index (χ1) is 9.60. The van der Waals surface area contributed by atoms with Crippen molar-refractivity contribution in [2.45, 2.75) is 32.7 Å². The first-order valence-electron chi connectivity index (χ1n) is 6.85. The summed E-state index contributed by atoms with van der Waals surface area (Å²) in [6.45, 7) is 4.00. The van der Waals surface area contributed by atoms with E-state index in [0.29, 0.717) is 0 Å². The minimum atomic E-state index is -0.290. The summed E-state index contributed by atoms with van der Waals surface area (Å²) in [5.41, 5.74) is 6.77. The number of hydrogen-bond donors (Lipinski definition) is 2. The summed E-state index contributed by atoms with van der Waals surface area (Å²) in [4.78, 5) is 16.1. The Bertz CT molecular complexity index is 494. The molecule has 5 nitrogen and oxygen atoms in total. The number of amidine groups is 1. The van der Waals surface area contributed by atoms with E-state index < -0.39 is 0 Å². The maximum Gasteiger partial charge on any atom is 0.263 e. The van der Waals surface area contributed by atoms with Gasteiger partial charge in [0.2, 0.25) is 0 Å². The second-order valence-electron chi connectivity index (χ2n) is 5.23. The normalized spacial score (nSPS) is 18.3. The van der Waals surface area contributed by atoms with Crippen LogP contribution in [0.3, 0.4) is 0 Å². The number of ether oxygens (including phenoxy) is 1. The third kappa shape index (κ3) is 3.50. The zero-order valence-corrected chi connectivity index (χ0v) is 12.1. The summed E-state index contributed by atoms with van der Waals surface area (Å²) in [5, 5.41) is 0. The van der Waals surface area contributed by atoms with Gasteiger partial charge in [-0.15, -0.1) is 0 Å². The Labute approximate surface area is 119 Å². The molecule has 1 aliphatic rings. The first-order valence-corrected chi connectivity index (χ1v) is 6.85. The van der Waals surface area contributed by atoms with Crippen molar-refractivity contribution in [3.63, 3.8) is 0 Å². The summed E-state index contributed by atoms with van der Waals surface area (Å²) in [6.07, 6.45) is 1.65. The lowest BCUT2D eigenvalue weighted by molar-refractivity contribution is -0.124. The zero-order valence-electron chi connectivity index (χ0n) is 12.1. The van der Waals surface area contributed by atoms with Crippen molar-refractivity contribution in [3.8, 4) is 5.75 Å². The second kappa shape index (κ2) is 6.41. The Morgan fingerprint density at radius 2 is 1.90 bits per heavy atom. The summed E-state index contributed by atoms with van der Waals surface area (Å²) in [6, 6.07) is 7.69. The molecular formula is C15H21N3O2. The molecule has 1 atom stereocenters. The van der Waals surface area contributed by atoms with Crippen LogP contribution in [0.25, 0.3) is 0 Å². The number of nitrogens with zero attached hydrogens (tertiary/aromatic N) is 1. The molecule has 0 saturated heterocycles. The highest BCUT2D eigenvalue weighted by molar-refractivity contribution is 5.93. The van der Waals surface area contributed by atoms with Crippen molar-refractivity contribution in [3.05, 3.63) is 29.8 Å². The minimum Gasteiger partial charge on any atom is -0.497 e. The van der Waals surface area contributed by atoms with Crippen LogP contribution in [0.2, 0.25) is 0 Å². The third-order valence-corrected chi connectivity index (χ3v) is 3.33. The predicted octanol–water partition coefficient (Wildman–Crippen LogP) is 1.69. The summed E-state index contributed by atoms with van der Waals surface area (Å²) in [7, 11) is 1.66. The van der Waals surface area contributed by atoms with E-state index in [1.807, 2.05) is 38.1 Å². The van der Waals surface area contributed by atoms with Gasteiger partial charge in [0.05, 0.1) is 7.11 Å². The van der Waals surface area contributed by atoms with E-state index in [9.17, 15) is 4.79 Å². The molecule has 0 radical (unpaired) electrons. The van der Waals surface area contributed by atoms with Gasteiger partial charge < -0.3 is 4.74 Å². The number of aryl methyl sites for hydroxylation is 1. The number of hydrazine groups is 1. The van der Waals surface area contributed by atoms with Crippen molar-refractivity contribution in [2.24, 2.45) is 10.9 Å². The maximum absolute atomic E-state index is 11.6. The van der Waals surface area contributed by atoms with Crippen LogP contribution in [0.5, 0.6) is 5.75 Å². The number of nitrogens with one attached hydrogen (secondary N) is 2. The standard InChI is InChI=1S/C15H21N3O2/c1-10(2)14-15(19)18-17-13(16-14)9-6-11-4-7-12(20-3)8-5-11/h4-5,7-8,10,14H,6,9H2,1-3H3,(H,16,17)(H,18,19). The fourth-order valence-corrected chi connectivity index (χ4v) is 2.10. The van der Waals surface area contributed by atoms with Gasteiger partial charge in [0.15, 0.2) is 0 Å². The van der Waals surface area contributed by atoms with Gasteiger partial charge in [-0.2, -0.15) is 0 Å². The Morgan fingerprint density at radius 1 is 1.20 bits per heavy atom. The van der Waals surface area contributed by atoms with Crippen LogP contribution in [0.15, 0.2) is 29.3 Å². The molecule has 1 unspecified atom stereocenters. The van der Waals surface area contributed by atoms with Gasteiger partial charge in [0.1, 0.15) is 17.6 Å². The van der Waals surface area contributed by atoms with Crippen LogP contribution in [0.4, 0.5) is 0 Å². The lowest BCUT2D eigenvalue weighted by Gasteiger charge is -2.24. The van der Waals surface area contributed by atoms with E-state index in [1.54, 1.807) is 7.11 Å². The SMILES string of the molecule is COc1ccc(CCC2=NC(C(C)C)C(=O)NN2)cc1. The van der Waals surface area contributed by atoms with Crippen molar-refractivity contribution < 1.29 is 9.53 Å². The van der Waals surface area contributed by atoms with E-state index in [1.165, 1.54) is 5.56 Å². The second-order valence-corrected chi connectivity index (χ2v) is 5.23. The number of benzene rings is 1. The van der Waals surface area contributed by atoms with Gasteiger partial charge in [-0.05, 0) is 30.0 Å². The summed E-state index contributed by atoms with van der Waals surface area (Å²) < 4.78 is 5.13. The van der Waals surface area contributed by atoms with E-state index >= 15 is 0 Å². The van der Waals surface area contributed by atoms with E-state index in [0.717, 1.165) is 24.4 Å². The van der Waals surface area contributed by atoms with Gasteiger partial charge in [0, 0.05) is 6.42 Å². The smallest absolute Gasteiger partial charge is 0.263 e. The molecule has 20 heavy (non-hydrogen) atoms. The van der Waals surface area contributed by atoms with Crippen LogP contribution in [0, 0.1) is 5.92 Å². The van der Waals surface area contributed by atoms with E-state index in [-0.39, 0.29) is 17.9 Å². The molecule has 0 aliphatic carbocycles. The van der Waals surface area contributed by atoms with Gasteiger partial charge in [-0.3, -0.25) is 20.6 Å². The molecule has 1 aromatic rings. The Balaban J connectivity index is 1.95. The molecule has 1 aliphatic heterocycles. The van der Waals surface area contributed by atoms with Crippen molar-refractivity contribution in [2.75, 3.05) is 7.11 Å². The molecular weight excluding hydrogens is 254 g/mol. The lowest BCUT2D eigenvalue weighted by Crippen LogP contribution is -2.52. The first kappa shape index (κ1) is 14.4. The average molecular weight is 275 g/mol. The highest BCUT2D eigenvalue weighted by Gasteiger charge is 2.25. The summed E-state index contributed by atoms with van der Waals surface area (Å²) in [5.74, 6) is 1.83. The zero-order chi connectivity index (χ0) is 14.5. The van der Waals surface area contributed by atoms with Gasteiger partial charge in [-0.1, -0.05) is 26.0 Å². The Hall–Kier alpha value is -2.04. The monoisotopic (exact) mass is 275 g/mol. The molecule has 2 rings (SSSR count). The topological polar surface area (TPSA) is 62.7 Å². The van der Waals surface area contributed by atoms with Gasteiger partial charge in [-0.25, -0.2) is 0 Å². The van der Waals surface area contributed by atoms with Crippen LogP contribution < -0.4 is 15.6 Å². The number of aliphatic imine (C=N–C) groups is 1. The fraction of sp³-hybridized carbons (Fsp3) is 0.467. The number of methoxy groups -OCH3 is 1. The van der Waals surface area contributed by atoms with Crippen LogP contribution in [0.1, 0.15) is 25.8 Å². The molecule has 0 bridgehead atoms. The third-order valence-electron chi connectivity index (χ3n) is 3.33. The maximum atomic E-state index is 11.6. The average Bonchev–Trinajstić information content (AvgIpc) is 2.46. The molecule has 0 fully saturated rings. The van der Waals surface area contributed by atoms with Gasteiger partial charge >= 0.3 is 0 Å². The van der Waals surface area contributed by atoms with E-state index in [4.69, 9.17) is 4.74 Å². The molecule has 0 aromatic heterocycles.